The van der Waals surface area contributed by atoms with Gasteiger partial charge in [-0.1, -0.05) is 32.0 Å². The van der Waals surface area contributed by atoms with E-state index in [1.165, 1.54) is 5.56 Å². The molecule has 1 aliphatic rings. The fourth-order valence-electron chi connectivity index (χ4n) is 3.47. The van der Waals surface area contributed by atoms with Crippen LogP contribution in [0.3, 0.4) is 0 Å². The van der Waals surface area contributed by atoms with Crippen molar-refractivity contribution in [3.63, 3.8) is 0 Å². The van der Waals surface area contributed by atoms with Crippen LogP contribution in [0.5, 0.6) is 0 Å². The molecule has 2 unspecified atom stereocenters. The van der Waals surface area contributed by atoms with E-state index >= 15 is 0 Å². The van der Waals surface area contributed by atoms with Crippen LogP contribution in [0, 0.1) is 0 Å². The van der Waals surface area contributed by atoms with Gasteiger partial charge in [0, 0.05) is 23.2 Å². The minimum atomic E-state index is 0.0844. The maximum absolute atomic E-state index is 13.1. The van der Waals surface area contributed by atoms with Crippen molar-refractivity contribution in [1.29, 1.82) is 0 Å². The number of anilines is 1. The molecule has 1 heterocycles. The third-order valence-corrected chi connectivity index (χ3v) is 5.99. The first-order chi connectivity index (χ1) is 13.0. The standard InChI is InChI=1S/C22H28ClN2OP/c1-3-8-24-13-16-11-19-20(21(27)12-16)14-25(22(19)26)18-7-5-6-15(10-18)9-17(23)4-2/h5-7,10-12,17,24H,3-4,8-9,13-14,27H2,1-2H3. The lowest BCUT2D eigenvalue weighted by molar-refractivity contribution is 0.0996. The molecule has 0 bridgehead atoms. The maximum atomic E-state index is 13.1. The van der Waals surface area contributed by atoms with Gasteiger partial charge in [0.05, 0.1) is 6.54 Å². The minimum absolute atomic E-state index is 0.0844. The molecule has 2 atom stereocenters. The largest absolute Gasteiger partial charge is 0.313 e. The Labute approximate surface area is 169 Å². The number of benzene rings is 2. The summed E-state index contributed by atoms with van der Waals surface area (Å²) in [5.41, 5.74) is 5.21. The number of carbonyl (C=O) groups is 1. The monoisotopic (exact) mass is 402 g/mol. The number of hydrogen-bond donors (Lipinski definition) is 1. The molecule has 0 spiro atoms. The Kier molecular flexibility index (Phi) is 6.92. The van der Waals surface area contributed by atoms with Gasteiger partial charge in [0.2, 0.25) is 0 Å². The van der Waals surface area contributed by atoms with Crippen molar-refractivity contribution in [3.8, 4) is 0 Å². The Bertz CT molecular complexity index is 824. The highest BCUT2D eigenvalue weighted by molar-refractivity contribution is 7.27. The predicted molar refractivity (Wildman–Crippen MR) is 118 cm³/mol. The van der Waals surface area contributed by atoms with Crippen molar-refractivity contribution >= 4 is 37.7 Å². The van der Waals surface area contributed by atoms with E-state index in [-0.39, 0.29) is 11.3 Å². The summed E-state index contributed by atoms with van der Waals surface area (Å²) >= 11 is 6.31. The number of fused-ring (bicyclic) bond motifs is 1. The molecule has 0 aromatic heterocycles. The van der Waals surface area contributed by atoms with Crippen LogP contribution in [-0.4, -0.2) is 17.8 Å². The summed E-state index contributed by atoms with van der Waals surface area (Å²) in [5, 5.41) is 4.65. The zero-order valence-corrected chi connectivity index (χ0v) is 18.0. The van der Waals surface area contributed by atoms with Crippen molar-refractivity contribution < 1.29 is 4.79 Å². The van der Waals surface area contributed by atoms with Crippen LogP contribution in [0.25, 0.3) is 0 Å². The van der Waals surface area contributed by atoms with Crippen LogP contribution >= 0.6 is 20.8 Å². The molecule has 3 nitrogen and oxygen atoms in total. The Morgan fingerprint density at radius 2 is 2.04 bits per heavy atom. The van der Waals surface area contributed by atoms with Gasteiger partial charge in [-0.3, -0.25) is 4.79 Å². The molecule has 1 amide bonds. The number of amides is 1. The average molecular weight is 403 g/mol. The molecule has 144 valence electrons. The summed E-state index contributed by atoms with van der Waals surface area (Å²) in [7, 11) is 2.80. The van der Waals surface area contributed by atoms with Gasteiger partial charge in [-0.2, -0.15) is 0 Å². The van der Waals surface area contributed by atoms with Crippen LogP contribution in [0.15, 0.2) is 36.4 Å². The number of hydrogen-bond acceptors (Lipinski definition) is 2. The number of carbonyl (C=O) groups excluding carboxylic acids is 1. The summed E-state index contributed by atoms with van der Waals surface area (Å²) in [6.07, 6.45) is 2.86. The first-order valence-corrected chi connectivity index (χ1v) is 10.7. The zero-order chi connectivity index (χ0) is 19.4. The Hall–Kier alpha value is -1.41. The second-order valence-electron chi connectivity index (χ2n) is 7.16. The van der Waals surface area contributed by atoms with Gasteiger partial charge in [0.1, 0.15) is 0 Å². The van der Waals surface area contributed by atoms with Gasteiger partial charge in [-0.25, -0.2) is 0 Å². The van der Waals surface area contributed by atoms with Gasteiger partial charge in [-0.15, -0.1) is 20.8 Å². The Balaban J connectivity index is 1.82. The van der Waals surface area contributed by atoms with E-state index in [4.69, 9.17) is 11.6 Å². The summed E-state index contributed by atoms with van der Waals surface area (Å²) in [5.74, 6) is 0.0844. The summed E-state index contributed by atoms with van der Waals surface area (Å²) in [6, 6.07) is 12.4. The van der Waals surface area contributed by atoms with E-state index in [0.29, 0.717) is 6.54 Å². The fourth-order valence-corrected chi connectivity index (χ4v) is 4.11. The first kappa shape index (κ1) is 20.3. The Morgan fingerprint density at radius 1 is 1.22 bits per heavy atom. The molecule has 3 rings (SSSR count). The number of nitrogens with zero attached hydrogens (tertiary/aromatic N) is 1. The molecule has 0 saturated carbocycles. The number of rotatable bonds is 8. The maximum Gasteiger partial charge on any atom is 0.258 e. The van der Waals surface area contributed by atoms with Crippen molar-refractivity contribution in [1.82, 2.24) is 5.32 Å². The second kappa shape index (κ2) is 9.19. The topological polar surface area (TPSA) is 32.3 Å². The number of halogens is 1. The van der Waals surface area contributed by atoms with E-state index in [0.717, 1.165) is 60.0 Å². The van der Waals surface area contributed by atoms with E-state index in [2.05, 4.69) is 46.6 Å². The van der Waals surface area contributed by atoms with Gasteiger partial charge in [0.15, 0.2) is 0 Å². The van der Waals surface area contributed by atoms with Gasteiger partial charge in [0.25, 0.3) is 5.91 Å². The van der Waals surface area contributed by atoms with Crippen LogP contribution in [0.1, 0.15) is 53.7 Å². The van der Waals surface area contributed by atoms with Gasteiger partial charge in [-0.05, 0) is 66.0 Å². The van der Waals surface area contributed by atoms with Crippen LogP contribution in [-0.2, 0) is 19.5 Å². The van der Waals surface area contributed by atoms with Crippen molar-refractivity contribution in [3.05, 3.63) is 58.7 Å². The SMILES string of the molecule is CCCNCc1cc(P)c2c(c1)C(=O)N(c1cccc(CC(Cl)CC)c1)C2. The molecule has 0 aliphatic carbocycles. The summed E-state index contributed by atoms with van der Waals surface area (Å²) < 4.78 is 0. The van der Waals surface area contributed by atoms with E-state index in [1.807, 2.05) is 23.1 Å². The molecule has 1 N–H and O–H groups in total. The third-order valence-electron chi connectivity index (χ3n) is 5.01. The highest BCUT2D eigenvalue weighted by Gasteiger charge is 2.30. The lowest BCUT2D eigenvalue weighted by Crippen LogP contribution is -2.23. The van der Waals surface area contributed by atoms with Gasteiger partial charge < -0.3 is 10.2 Å². The molecule has 0 radical (unpaired) electrons. The van der Waals surface area contributed by atoms with Crippen molar-refractivity contribution in [2.75, 3.05) is 11.4 Å². The lowest BCUT2D eigenvalue weighted by Gasteiger charge is -2.17. The predicted octanol–water partition coefficient (Wildman–Crippen LogP) is 4.41. The van der Waals surface area contributed by atoms with E-state index in [9.17, 15) is 4.79 Å². The fraction of sp³-hybridized carbons (Fsp3) is 0.409. The van der Waals surface area contributed by atoms with Crippen LogP contribution in [0.4, 0.5) is 5.69 Å². The lowest BCUT2D eigenvalue weighted by atomic mass is 10.1. The zero-order valence-electron chi connectivity index (χ0n) is 16.1. The third kappa shape index (κ3) is 4.71. The minimum Gasteiger partial charge on any atom is -0.313 e. The molecule has 2 aromatic rings. The molecule has 27 heavy (non-hydrogen) atoms. The molecular weight excluding hydrogens is 375 g/mol. The highest BCUT2D eigenvalue weighted by atomic mass is 35.5. The van der Waals surface area contributed by atoms with Crippen molar-refractivity contribution in [2.45, 2.75) is 51.6 Å². The second-order valence-corrected chi connectivity index (χ2v) is 8.40. The summed E-state index contributed by atoms with van der Waals surface area (Å²) in [4.78, 5) is 15.0. The quantitative estimate of drug-likeness (QED) is 0.403. The van der Waals surface area contributed by atoms with E-state index < -0.39 is 0 Å². The molecule has 5 heteroatoms. The number of nitrogens with one attached hydrogen (secondary N) is 1. The molecule has 2 aromatic carbocycles. The smallest absolute Gasteiger partial charge is 0.258 e. The van der Waals surface area contributed by atoms with E-state index in [1.54, 1.807) is 0 Å². The summed E-state index contributed by atoms with van der Waals surface area (Å²) in [6.45, 7) is 6.64. The normalized spacial score (nSPS) is 14.5. The molecule has 0 fully saturated rings. The van der Waals surface area contributed by atoms with Crippen LogP contribution < -0.4 is 15.5 Å². The molecular formula is C22H28ClN2OP. The molecule has 1 aliphatic heterocycles. The first-order valence-electron chi connectivity index (χ1n) is 9.70. The molecule has 0 saturated heterocycles. The van der Waals surface area contributed by atoms with Gasteiger partial charge >= 0.3 is 0 Å². The average Bonchev–Trinajstić information content (AvgIpc) is 2.99. The highest BCUT2D eigenvalue weighted by Crippen LogP contribution is 2.30. The number of alkyl halides is 1. The van der Waals surface area contributed by atoms with Crippen molar-refractivity contribution in [2.24, 2.45) is 0 Å². The van der Waals surface area contributed by atoms with Crippen LogP contribution in [0.2, 0.25) is 0 Å². The Morgan fingerprint density at radius 3 is 2.78 bits per heavy atom.